The van der Waals surface area contributed by atoms with E-state index in [4.69, 9.17) is 0 Å². The van der Waals surface area contributed by atoms with Gasteiger partial charge >= 0.3 is 23.9 Å². The van der Waals surface area contributed by atoms with Crippen molar-refractivity contribution in [1.82, 2.24) is 0 Å². The molecule has 0 heterocycles. The molecule has 5 unspecified atom stereocenters. The monoisotopic (exact) mass is 406 g/mol. The van der Waals surface area contributed by atoms with Crippen LogP contribution in [0.1, 0.15) is 62.0 Å². The van der Waals surface area contributed by atoms with Gasteiger partial charge in [-0.25, -0.2) is 0 Å². The molecular weight excluding hydrogens is 380 g/mol. The van der Waals surface area contributed by atoms with Crippen molar-refractivity contribution in [3.63, 3.8) is 0 Å². The van der Waals surface area contributed by atoms with E-state index in [0.717, 1.165) is 12.8 Å². The van der Waals surface area contributed by atoms with Gasteiger partial charge in [0, 0.05) is 5.92 Å². The van der Waals surface area contributed by atoms with Crippen LogP contribution in [0.5, 0.6) is 0 Å². The zero-order valence-corrected chi connectivity index (χ0v) is 16.2. The Morgan fingerprint density at radius 3 is 2.03 bits per heavy atom. The molecule has 1 aliphatic rings. The first-order valence-electron chi connectivity index (χ1n) is 9.69. The van der Waals surface area contributed by atoms with Gasteiger partial charge in [0.2, 0.25) is 0 Å². The van der Waals surface area contributed by atoms with Gasteiger partial charge in [-0.1, -0.05) is 50.5 Å². The Bertz CT molecular complexity index is 787. The van der Waals surface area contributed by atoms with E-state index in [2.05, 4.69) is 0 Å². The zero-order chi connectivity index (χ0) is 21.7. The minimum atomic E-state index is -1.35. The summed E-state index contributed by atoms with van der Waals surface area (Å²) in [6, 6.07) is 6.31. The topological polar surface area (TPSA) is 149 Å². The van der Waals surface area contributed by atoms with E-state index in [0.29, 0.717) is 18.4 Å². The Kier molecular flexibility index (Phi) is 7.36. The van der Waals surface area contributed by atoms with Crippen LogP contribution in [0.4, 0.5) is 0 Å². The van der Waals surface area contributed by atoms with E-state index >= 15 is 0 Å². The van der Waals surface area contributed by atoms with Crippen molar-refractivity contribution in [3.8, 4) is 0 Å². The number of hydrogen-bond donors (Lipinski definition) is 4. The molecule has 0 amide bonds. The normalized spacial score (nSPS) is 24.3. The Hall–Kier alpha value is -2.90. The van der Waals surface area contributed by atoms with Crippen LogP contribution in [0, 0.1) is 17.8 Å². The second kappa shape index (κ2) is 9.54. The lowest BCUT2D eigenvalue weighted by molar-refractivity contribution is -0.156. The molecule has 0 saturated heterocycles. The summed E-state index contributed by atoms with van der Waals surface area (Å²) in [6.07, 6.45) is 1.90. The molecule has 0 radical (unpaired) electrons. The number of hydrogen-bond acceptors (Lipinski definition) is 4. The molecule has 0 fully saturated rings. The fraction of sp³-hybridized carbons (Fsp3) is 0.524. The van der Waals surface area contributed by atoms with Gasteiger partial charge in [-0.15, -0.1) is 0 Å². The molecule has 1 aromatic rings. The van der Waals surface area contributed by atoms with Crippen molar-refractivity contribution < 1.29 is 39.6 Å². The van der Waals surface area contributed by atoms with Gasteiger partial charge in [0.25, 0.3) is 0 Å². The van der Waals surface area contributed by atoms with Crippen molar-refractivity contribution in [2.24, 2.45) is 17.8 Å². The summed E-state index contributed by atoms with van der Waals surface area (Å²) < 4.78 is 0. The first-order valence-corrected chi connectivity index (χ1v) is 9.69. The van der Waals surface area contributed by atoms with Crippen LogP contribution in [0.2, 0.25) is 0 Å². The highest BCUT2D eigenvalue weighted by Crippen LogP contribution is 2.52. The van der Waals surface area contributed by atoms with E-state index in [9.17, 15) is 39.6 Å². The number of carbonyl (C=O) groups is 4. The minimum Gasteiger partial charge on any atom is -0.481 e. The van der Waals surface area contributed by atoms with Crippen LogP contribution in [-0.2, 0) is 19.2 Å². The maximum Gasteiger partial charge on any atom is 0.311 e. The molecule has 0 bridgehead atoms. The standard InChI is InChI=1S/C21H26O8/c1-2-3-4-9-13-16(14(19(24)25)10-15(22)23)11-7-5-6-8-12(11)17(20(26)27)18(13)21(28)29/h5-8,13-14,16-18H,2-4,9-10H2,1H3,(H,22,23)(H,24,25)(H,26,27)(H,28,29). The Labute approximate surface area is 168 Å². The number of fused-ring (bicyclic) bond motifs is 1. The lowest BCUT2D eigenvalue weighted by Crippen LogP contribution is -2.45. The highest BCUT2D eigenvalue weighted by molar-refractivity contribution is 5.87. The number of aliphatic carboxylic acids is 4. The largest absolute Gasteiger partial charge is 0.481 e. The van der Waals surface area contributed by atoms with Crippen molar-refractivity contribution in [3.05, 3.63) is 35.4 Å². The first kappa shape index (κ1) is 22.4. The van der Waals surface area contributed by atoms with Crippen LogP contribution in [-0.4, -0.2) is 44.3 Å². The first-order chi connectivity index (χ1) is 13.7. The second-order valence-corrected chi connectivity index (χ2v) is 7.54. The van der Waals surface area contributed by atoms with Crippen LogP contribution in [0.15, 0.2) is 24.3 Å². The summed E-state index contributed by atoms with van der Waals surface area (Å²) in [5.74, 6) is -10.9. The molecule has 158 valence electrons. The molecule has 0 spiro atoms. The minimum absolute atomic E-state index is 0.251. The predicted molar refractivity (Wildman–Crippen MR) is 102 cm³/mol. The lowest BCUT2D eigenvalue weighted by Gasteiger charge is -2.43. The lowest BCUT2D eigenvalue weighted by atomic mass is 9.58. The van der Waals surface area contributed by atoms with Crippen LogP contribution in [0.25, 0.3) is 0 Å². The van der Waals surface area contributed by atoms with E-state index in [1.54, 1.807) is 18.2 Å². The maximum atomic E-state index is 12.2. The van der Waals surface area contributed by atoms with Gasteiger partial charge in [0.15, 0.2) is 0 Å². The second-order valence-electron chi connectivity index (χ2n) is 7.54. The average molecular weight is 406 g/mol. The van der Waals surface area contributed by atoms with Crippen LogP contribution >= 0.6 is 0 Å². The Morgan fingerprint density at radius 2 is 1.55 bits per heavy atom. The molecule has 29 heavy (non-hydrogen) atoms. The molecular formula is C21H26O8. The summed E-state index contributed by atoms with van der Waals surface area (Å²) in [7, 11) is 0. The van der Waals surface area contributed by atoms with E-state index < -0.39 is 59.9 Å². The molecule has 0 aromatic heterocycles. The van der Waals surface area contributed by atoms with Crippen molar-refractivity contribution in [2.45, 2.75) is 50.9 Å². The average Bonchev–Trinajstić information content (AvgIpc) is 2.64. The van der Waals surface area contributed by atoms with Gasteiger partial charge in [-0.2, -0.15) is 0 Å². The van der Waals surface area contributed by atoms with E-state index in [1.807, 2.05) is 6.92 Å². The summed E-state index contributed by atoms with van der Waals surface area (Å²) in [4.78, 5) is 47.5. The summed E-state index contributed by atoms with van der Waals surface area (Å²) >= 11 is 0. The summed E-state index contributed by atoms with van der Waals surface area (Å²) in [5, 5.41) is 38.7. The third-order valence-corrected chi connectivity index (χ3v) is 5.81. The fourth-order valence-electron chi connectivity index (χ4n) is 4.66. The van der Waals surface area contributed by atoms with Crippen molar-refractivity contribution in [2.75, 3.05) is 0 Å². The third-order valence-electron chi connectivity index (χ3n) is 5.81. The van der Waals surface area contributed by atoms with Crippen LogP contribution < -0.4 is 0 Å². The highest BCUT2D eigenvalue weighted by Gasteiger charge is 2.52. The highest BCUT2D eigenvalue weighted by atomic mass is 16.4. The van der Waals surface area contributed by atoms with Gasteiger partial charge in [0.05, 0.1) is 24.2 Å². The molecule has 0 aliphatic heterocycles. The van der Waals surface area contributed by atoms with Gasteiger partial charge in [-0.3, -0.25) is 19.2 Å². The van der Waals surface area contributed by atoms with E-state index in [-0.39, 0.29) is 5.56 Å². The number of carboxylic acid groups (broad SMARTS) is 4. The molecule has 1 aliphatic carbocycles. The summed E-state index contributed by atoms with van der Waals surface area (Å²) in [6.45, 7) is 1.97. The number of rotatable bonds is 10. The van der Waals surface area contributed by atoms with Gasteiger partial charge in [0.1, 0.15) is 0 Å². The van der Waals surface area contributed by atoms with Crippen LogP contribution in [0.3, 0.4) is 0 Å². The molecule has 0 saturated carbocycles. The molecule has 8 nitrogen and oxygen atoms in total. The third kappa shape index (κ3) is 4.75. The summed E-state index contributed by atoms with van der Waals surface area (Å²) in [5.41, 5.74) is 0.674. The van der Waals surface area contributed by atoms with Crippen molar-refractivity contribution in [1.29, 1.82) is 0 Å². The smallest absolute Gasteiger partial charge is 0.311 e. The molecule has 2 rings (SSSR count). The van der Waals surface area contributed by atoms with E-state index in [1.165, 1.54) is 6.07 Å². The molecule has 4 N–H and O–H groups in total. The predicted octanol–water partition coefficient (Wildman–Crippen LogP) is 3.02. The number of unbranched alkanes of at least 4 members (excludes halogenated alkanes) is 2. The molecule has 8 heteroatoms. The van der Waals surface area contributed by atoms with Gasteiger partial charge < -0.3 is 20.4 Å². The molecule has 5 atom stereocenters. The Balaban J connectivity index is 2.70. The number of benzene rings is 1. The number of carboxylic acids is 4. The molecule has 1 aromatic carbocycles. The fourth-order valence-corrected chi connectivity index (χ4v) is 4.66. The van der Waals surface area contributed by atoms with Crippen molar-refractivity contribution >= 4 is 23.9 Å². The van der Waals surface area contributed by atoms with Gasteiger partial charge in [-0.05, 0) is 23.5 Å². The maximum absolute atomic E-state index is 12.2. The SMILES string of the molecule is CCCCCC1C(C(=O)O)C(C(=O)O)c2ccccc2C1C(CC(=O)O)C(=O)O. The Morgan fingerprint density at radius 1 is 0.931 bits per heavy atom. The quantitative estimate of drug-likeness (QED) is 0.433. The zero-order valence-electron chi connectivity index (χ0n) is 16.2.